The molecule has 2 aromatic rings. The van der Waals surface area contributed by atoms with Crippen molar-refractivity contribution in [3.05, 3.63) is 44.4 Å². The van der Waals surface area contributed by atoms with Crippen LogP contribution < -0.4 is 5.32 Å². The van der Waals surface area contributed by atoms with Crippen LogP contribution in [0.15, 0.2) is 18.2 Å². The van der Waals surface area contributed by atoms with E-state index in [-0.39, 0.29) is 18.1 Å². The third-order valence-electron chi connectivity index (χ3n) is 3.12. The molecule has 1 heterocycles. The van der Waals surface area contributed by atoms with E-state index in [0.29, 0.717) is 17.1 Å². The van der Waals surface area contributed by atoms with Gasteiger partial charge in [-0.1, -0.05) is 17.7 Å². The molecule has 0 aliphatic rings. The van der Waals surface area contributed by atoms with Gasteiger partial charge in [-0.3, -0.25) is 4.79 Å². The Bertz CT molecular complexity index is 636. The highest BCUT2D eigenvalue weighted by Crippen LogP contribution is 2.22. The molecular weight excluding hydrogens is 308 g/mol. The summed E-state index contributed by atoms with van der Waals surface area (Å²) in [5.74, 6) is 0.00579. The molecular formula is C15H17ClN2O2S. The number of carbonyl (C=O) groups is 1. The van der Waals surface area contributed by atoms with Crippen molar-refractivity contribution < 1.29 is 9.90 Å². The van der Waals surface area contributed by atoms with Crippen LogP contribution in [0.4, 0.5) is 0 Å². The third kappa shape index (κ3) is 4.44. The number of rotatable bonds is 5. The van der Waals surface area contributed by atoms with Gasteiger partial charge in [0.25, 0.3) is 0 Å². The fourth-order valence-electron chi connectivity index (χ4n) is 1.87. The quantitative estimate of drug-likeness (QED) is 0.888. The first-order valence-corrected chi connectivity index (χ1v) is 7.82. The van der Waals surface area contributed by atoms with Gasteiger partial charge in [-0.15, -0.1) is 11.3 Å². The van der Waals surface area contributed by atoms with Crippen molar-refractivity contribution >= 4 is 28.8 Å². The van der Waals surface area contributed by atoms with Gasteiger partial charge in [0.05, 0.1) is 17.1 Å². The average Bonchev–Trinajstić information content (AvgIpc) is 2.72. The summed E-state index contributed by atoms with van der Waals surface area (Å²) in [6.45, 7) is 4.59. The standard InChI is InChI=1S/C15H17ClN2O2S/c1-9-10(2)21-15(18-9)5-6-17-14(20)7-11-3-4-12(19)8-13(11)16/h3-4,8,19H,5-7H2,1-2H3,(H,17,20). The fraction of sp³-hybridized carbons (Fsp3) is 0.333. The van der Waals surface area contributed by atoms with Crippen molar-refractivity contribution in [2.75, 3.05) is 6.54 Å². The maximum atomic E-state index is 11.9. The summed E-state index contributed by atoms with van der Waals surface area (Å²) < 4.78 is 0. The molecule has 0 atom stereocenters. The minimum atomic E-state index is -0.0902. The van der Waals surface area contributed by atoms with Gasteiger partial charge in [0.1, 0.15) is 5.75 Å². The van der Waals surface area contributed by atoms with E-state index < -0.39 is 0 Å². The highest BCUT2D eigenvalue weighted by molar-refractivity contribution is 7.11. The molecule has 0 spiro atoms. The van der Waals surface area contributed by atoms with Crippen LogP contribution in [0.3, 0.4) is 0 Å². The molecule has 0 aliphatic carbocycles. The lowest BCUT2D eigenvalue weighted by molar-refractivity contribution is -0.120. The minimum absolute atomic E-state index is 0.0902. The van der Waals surface area contributed by atoms with Crippen LogP contribution in [-0.4, -0.2) is 22.5 Å². The molecule has 1 amide bonds. The van der Waals surface area contributed by atoms with E-state index in [1.54, 1.807) is 17.4 Å². The first-order valence-electron chi connectivity index (χ1n) is 6.62. The van der Waals surface area contributed by atoms with Crippen LogP contribution in [-0.2, 0) is 17.6 Å². The smallest absolute Gasteiger partial charge is 0.224 e. The predicted octanol–water partition coefficient (Wildman–Crippen LogP) is 3.02. The number of aromatic hydroxyl groups is 1. The molecule has 6 heteroatoms. The van der Waals surface area contributed by atoms with Crippen LogP contribution in [0.2, 0.25) is 5.02 Å². The number of nitrogens with one attached hydrogen (secondary N) is 1. The Balaban J connectivity index is 1.82. The second-order valence-corrected chi connectivity index (χ2v) is 6.50. The number of phenolic OH excluding ortho intramolecular Hbond substituents is 1. The molecule has 0 saturated carbocycles. The topological polar surface area (TPSA) is 62.2 Å². The zero-order chi connectivity index (χ0) is 15.4. The zero-order valence-electron chi connectivity index (χ0n) is 11.9. The molecule has 2 rings (SSSR count). The number of carbonyl (C=O) groups excluding carboxylic acids is 1. The molecule has 0 unspecified atom stereocenters. The van der Waals surface area contributed by atoms with Crippen molar-refractivity contribution in [2.45, 2.75) is 26.7 Å². The van der Waals surface area contributed by atoms with Crippen LogP contribution in [0, 0.1) is 13.8 Å². The number of benzene rings is 1. The van der Waals surface area contributed by atoms with E-state index in [0.717, 1.165) is 17.1 Å². The van der Waals surface area contributed by atoms with E-state index in [2.05, 4.69) is 10.3 Å². The number of thiazole rings is 1. The van der Waals surface area contributed by atoms with Crippen LogP contribution in [0.1, 0.15) is 21.1 Å². The summed E-state index contributed by atoms with van der Waals surface area (Å²) in [6, 6.07) is 4.62. The number of hydrogen-bond acceptors (Lipinski definition) is 4. The number of halogens is 1. The lowest BCUT2D eigenvalue weighted by Gasteiger charge is -2.06. The number of aromatic nitrogens is 1. The summed E-state index contributed by atoms with van der Waals surface area (Å²) in [5, 5.41) is 13.6. The summed E-state index contributed by atoms with van der Waals surface area (Å²) in [5.41, 5.74) is 1.75. The van der Waals surface area contributed by atoms with Gasteiger partial charge in [0.2, 0.25) is 5.91 Å². The summed E-state index contributed by atoms with van der Waals surface area (Å²) in [4.78, 5) is 17.5. The highest BCUT2D eigenvalue weighted by Gasteiger charge is 2.08. The highest BCUT2D eigenvalue weighted by atomic mass is 35.5. The Labute approximate surface area is 132 Å². The van der Waals surface area contributed by atoms with E-state index >= 15 is 0 Å². The van der Waals surface area contributed by atoms with Gasteiger partial charge in [-0.25, -0.2) is 4.98 Å². The number of aryl methyl sites for hydroxylation is 2. The molecule has 0 radical (unpaired) electrons. The maximum Gasteiger partial charge on any atom is 0.224 e. The molecule has 21 heavy (non-hydrogen) atoms. The fourth-order valence-corrected chi connectivity index (χ4v) is 3.05. The molecule has 1 aromatic heterocycles. The second-order valence-electron chi connectivity index (χ2n) is 4.80. The lowest BCUT2D eigenvalue weighted by Crippen LogP contribution is -2.27. The predicted molar refractivity (Wildman–Crippen MR) is 85.1 cm³/mol. The van der Waals surface area contributed by atoms with Crippen molar-refractivity contribution in [1.82, 2.24) is 10.3 Å². The number of hydrogen-bond donors (Lipinski definition) is 2. The SMILES string of the molecule is Cc1nc(CCNC(=O)Cc2ccc(O)cc2Cl)sc1C. The average molecular weight is 325 g/mol. The van der Waals surface area contributed by atoms with Gasteiger partial charge >= 0.3 is 0 Å². The molecule has 0 saturated heterocycles. The van der Waals surface area contributed by atoms with E-state index in [1.165, 1.54) is 17.0 Å². The van der Waals surface area contributed by atoms with Crippen molar-refractivity contribution in [3.8, 4) is 5.75 Å². The second kappa shape index (κ2) is 6.91. The normalized spacial score (nSPS) is 10.6. The Morgan fingerprint density at radius 3 is 2.81 bits per heavy atom. The Morgan fingerprint density at radius 2 is 2.19 bits per heavy atom. The first kappa shape index (κ1) is 15.8. The van der Waals surface area contributed by atoms with E-state index in [4.69, 9.17) is 11.6 Å². The summed E-state index contributed by atoms with van der Waals surface area (Å²) in [6.07, 6.45) is 0.934. The maximum absolute atomic E-state index is 11.9. The summed E-state index contributed by atoms with van der Waals surface area (Å²) in [7, 11) is 0. The van der Waals surface area contributed by atoms with Gasteiger partial charge in [-0.2, -0.15) is 0 Å². The Hall–Kier alpha value is -1.59. The van der Waals surface area contributed by atoms with Crippen molar-refractivity contribution in [1.29, 1.82) is 0 Å². The van der Waals surface area contributed by atoms with Gasteiger partial charge in [0.15, 0.2) is 0 Å². The molecule has 112 valence electrons. The van der Waals surface area contributed by atoms with Crippen LogP contribution in [0.25, 0.3) is 0 Å². The lowest BCUT2D eigenvalue weighted by atomic mass is 10.1. The van der Waals surface area contributed by atoms with Gasteiger partial charge in [0, 0.05) is 22.9 Å². The third-order valence-corrected chi connectivity index (χ3v) is 4.61. The van der Waals surface area contributed by atoms with E-state index in [1.807, 2.05) is 13.8 Å². The zero-order valence-corrected chi connectivity index (χ0v) is 13.5. The summed E-state index contributed by atoms with van der Waals surface area (Å²) >= 11 is 7.64. The molecule has 1 aromatic carbocycles. The Morgan fingerprint density at radius 1 is 1.43 bits per heavy atom. The molecule has 0 fully saturated rings. The largest absolute Gasteiger partial charge is 0.508 e. The Kier molecular flexibility index (Phi) is 5.20. The van der Waals surface area contributed by atoms with Gasteiger partial charge in [-0.05, 0) is 31.5 Å². The van der Waals surface area contributed by atoms with Crippen molar-refractivity contribution in [2.24, 2.45) is 0 Å². The monoisotopic (exact) mass is 324 g/mol. The van der Waals surface area contributed by atoms with Crippen LogP contribution >= 0.6 is 22.9 Å². The number of nitrogens with zero attached hydrogens (tertiary/aromatic N) is 1. The first-order chi connectivity index (χ1) is 9.95. The van der Waals surface area contributed by atoms with E-state index in [9.17, 15) is 9.90 Å². The van der Waals surface area contributed by atoms with Crippen molar-refractivity contribution in [3.63, 3.8) is 0 Å². The molecule has 0 bridgehead atoms. The van der Waals surface area contributed by atoms with Gasteiger partial charge < -0.3 is 10.4 Å². The molecule has 0 aliphatic heterocycles. The number of phenols is 1. The minimum Gasteiger partial charge on any atom is -0.508 e. The molecule has 2 N–H and O–H groups in total. The van der Waals surface area contributed by atoms with Crippen LogP contribution in [0.5, 0.6) is 5.75 Å². The molecule has 4 nitrogen and oxygen atoms in total. The number of amides is 1.